The van der Waals surface area contributed by atoms with Crippen molar-refractivity contribution in [2.45, 2.75) is 6.10 Å². The predicted molar refractivity (Wildman–Crippen MR) is 116 cm³/mol. The number of carbonyl (C=O) groups excluding carboxylic acids is 1. The van der Waals surface area contributed by atoms with E-state index >= 15 is 0 Å². The molecule has 0 bridgehead atoms. The lowest BCUT2D eigenvalue weighted by atomic mass is 10.1. The molecular weight excluding hydrogens is 396 g/mol. The molecule has 1 atom stereocenters. The molecule has 0 radical (unpaired) electrons. The van der Waals surface area contributed by atoms with Crippen LogP contribution >= 0.6 is 0 Å². The highest BCUT2D eigenvalue weighted by Gasteiger charge is 2.11. The molecule has 0 saturated carbocycles. The van der Waals surface area contributed by atoms with E-state index in [-0.39, 0.29) is 19.8 Å². The molecule has 0 amide bonds. The Labute approximate surface area is 182 Å². The largest absolute Gasteiger partial charge is 0.491 e. The lowest BCUT2D eigenvalue weighted by molar-refractivity contribution is 0.0239. The molecule has 0 aromatic heterocycles. The van der Waals surface area contributed by atoms with Gasteiger partial charge < -0.3 is 24.1 Å². The Hall–Kier alpha value is -3.35. The fraction of sp³-hybridized carbons (Fsp3) is 0.240. The number of esters is 1. The summed E-state index contributed by atoms with van der Waals surface area (Å²) in [6, 6.07) is 25.4. The van der Waals surface area contributed by atoms with E-state index in [9.17, 15) is 9.90 Å². The van der Waals surface area contributed by atoms with E-state index in [0.29, 0.717) is 24.3 Å². The molecule has 0 saturated heterocycles. The summed E-state index contributed by atoms with van der Waals surface area (Å²) in [6.45, 7) is 1.32. The van der Waals surface area contributed by atoms with E-state index in [0.717, 1.165) is 11.5 Å². The maximum absolute atomic E-state index is 12.1. The van der Waals surface area contributed by atoms with Gasteiger partial charge in [-0.05, 0) is 42.0 Å². The topological polar surface area (TPSA) is 74.2 Å². The SMILES string of the molecule is O=C(OCCOc1ccccc1)c1ccc(C(O)COCCOc2ccccc2)cc1. The molecule has 1 N–H and O–H groups in total. The number of hydrogen-bond acceptors (Lipinski definition) is 6. The number of hydrogen-bond donors (Lipinski definition) is 1. The lowest BCUT2D eigenvalue weighted by Gasteiger charge is -2.13. The lowest BCUT2D eigenvalue weighted by Crippen LogP contribution is -2.14. The van der Waals surface area contributed by atoms with Crippen molar-refractivity contribution < 1.29 is 28.8 Å². The first-order chi connectivity index (χ1) is 15.2. The van der Waals surface area contributed by atoms with Crippen LogP contribution in [0, 0.1) is 0 Å². The van der Waals surface area contributed by atoms with E-state index in [1.807, 2.05) is 60.7 Å². The molecule has 31 heavy (non-hydrogen) atoms. The molecule has 0 fully saturated rings. The van der Waals surface area contributed by atoms with Crippen LogP contribution in [0.3, 0.4) is 0 Å². The van der Waals surface area contributed by atoms with Gasteiger partial charge in [0.25, 0.3) is 0 Å². The first-order valence-corrected chi connectivity index (χ1v) is 10.1. The van der Waals surface area contributed by atoms with Crippen molar-refractivity contribution in [3.8, 4) is 11.5 Å². The van der Waals surface area contributed by atoms with E-state index in [1.54, 1.807) is 24.3 Å². The van der Waals surface area contributed by atoms with Gasteiger partial charge in [0.15, 0.2) is 0 Å². The van der Waals surface area contributed by atoms with Crippen molar-refractivity contribution in [3.63, 3.8) is 0 Å². The Morgan fingerprint density at radius 1 is 0.710 bits per heavy atom. The summed E-state index contributed by atoms with van der Waals surface area (Å²) < 4.78 is 21.7. The highest BCUT2D eigenvalue weighted by molar-refractivity contribution is 5.89. The monoisotopic (exact) mass is 422 g/mol. The van der Waals surface area contributed by atoms with Gasteiger partial charge in [-0.25, -0.2) is 4.79 Å². The summed E-state index contributed by atoms with van der Waals surface area (Å²) in [5.41, 5.74) is 1.07. The second-order valence-corrected chi connectivity index (χ2v) is 6.67. The van der Waals surface area contributed by atoms with Gasteiger partial charge in [0.2, 0.25) is 0 Å². The minimum Gasteiger partial charge on any atom is -0.491 e. The van der Waals surface area contributed by atoms with Gasteiger partial charge in [0.05, 0.1) is 18.8 Å². The summed E-state index contributed by atoms with van der Waals surface area (Å²) in [5, 5.41) is 10.2. The van der Waals surface area contributed by atoms with E-state index in [2.05, 4.69) is 0 Å². The van der Waals surface area contributed by atoms with Gasteiger partial charge in [-0.2, -0.15) is 0 Å². The highest BCUT2D eigenvalue weighted by Crippen LogP contribution is 2.15. The number of rotatable bonds is 12. The Kier molecular flexibility index (Phi) is 8.91. The van der Waals surface area contributed by atoms with Crippen LogP contribution < -0.4 is 9.47 Å². The molecule has 1 unspecified atom stereocenters. The van der Waals surface area contributed by atoms with Gasteiger partial charge in [0.1, 0.15) is 37.4 Å². The number of ether oxygens (including phenoxy) is 4. The van der Waals surface area contributed by atoms with Crippen molar-refractivity contribution >= 4 is 5.97 Å². The second kappa shape index (κ2) is 12.4. The first-order valence-electron chi connectivity index (χ1n) is 10.1. The molecule has 0 heterocycles. The minimum absolute atomic E-state index is 0.138. The standard InChI is InChI=1S/C25H26O6/c26-24(19-28-15-16-29-22-7-3-1-4-8-22)20-11-13-21(14-12-20)25(27)31-18-17-30-23-9-5-2-6-10-23/h1-14,24,26H,15-19H2. The van der Waals surface area contributed by atoms with Crippen LogP contribution in [0.4, 0.5) is 0 Å². The minimum atomic E-state index is -0.791. The zero-order valence-electron chi connectivity index (χ0n) is 17.2. The summed E-state index contributed by atoms with van der Waals surface area (Å²) >= 11 is 0. The smallest absolute Gasteiger partial charge is 0.338 e. The third-order valence-electron chi connectivity index (χ3n) is 4.37. The van der Waals surface area contributed by atoms with Crippen molar-refractivity contribution in [2.24, 2.45) is 0 Å². The maximum Gasteiger partial charge on any atom is 0.338 e. The van der Waals surface area contributed by atoms with Crippen molar-refractivity contribution in [3.05, 3.63) is 96.1 Å². The second-order valence-electron chi connectivity index (χ2n) is 6.67. The van der Waals surface area contributed by atoms with Crippen LogP contribution in [-0.4, -0.2) is 44.1 Å². The number of carbonyl (C=O) groups is 1. The molecule has 3 rings (SSSR count). The first kappa shape index (κ1) is 22.3. The molecular formula is C25H26O6. The van der Waals surface area contributed by atoms with Gasteiger partial charge in [-0.3, -0.25) is 0 Å². The average Bonchev–Trinajstić information content (AvgIpc) is 2.83. The molecule has 162 valence electrons. The summed E-state index contributed by atoms with van der Waals surface area (Å²) in [4.78, 5) is 12.1. The molecule has 3 aromatic rings. The molecule has 0 aliphatic carbocycles. The van der Waals surface area contributed by atoms with Crippen molar-refractivity contribution in [1.82, 2.24) is 0 Å². The van der Waals surface area contributed by atoms with Gasteiger partial charge >= 0.3 is 5.97 Å². The maximum atomic E-state index is 12.1. The molecule has 0 spiro atoms. The number of aliphatic hydroxyl groups is 1. The summed E-state index contributed by atoms with van der Waals surface area (Å²) in [5.74, 6) is 1.07. The van der Waals surface area contributed by atoms with E-state index < -0.39 is 12.1 Å². The number of aliphatic hydroxyl groups excluding tert-OH is 1. The third kappa shape index (κ3) is 7.77. The van der Waals surface area contributed by atoms with Crippen LogP contribution in [-0.2, 0) is 9.47 Å². The average molecular weight is 422 g/mol. The van der Waals surface area contributed by atoms with Gasteiger partial charge in [-0.15, -0.1) is 0 Å². The Balaban J connectivity index is 1.33. The molecule has 6 heteroatoms. The zero-order chi connectivity index (χ0) is 21.7. The molecule has 0 aliphatic rings. The van der Waals surface area contributed by atoms with Gasteiger partial charge in [0, 0.05) is 0 Å². The van der Waals surface area contributed by atoms with Crippen LogP contribution in [0.25, 0.3) is 0 Å². The fourth-order valence-corrected chi connectivity index (χ4v) is 2.76. The molecule has 0 aliphatic heterocycles. The summed E-state index contributed by atoms with van der Waals surface area (Å²) in [7, 11) is 0. The highest BCUT2D eigenvalue weighted by atomic mass is 16.6. The van der Waals surface area contributed by atoms with Crippen LogP contribution in [0.15, 0.2) is 84.9 Å². The fourth-order valence-electron chi connectivity index (χ4n) is 2.76. The van der Waals surface area contributed by atoms with E-state index in [1.165, 1.54) is 0 Å². The Bertz CT molecular complexity index is 896. The van der Waals surface area contributed by atoms with Crippen LogP contribution in [0.5, 0.6) is 11.5 Å². The summed E-state index contributed by atoms with van der Waals surface area (Å²) in [6.07, 6.45) is -0.791. The normalized spacial score (nSPS) is 11.5. The molecule has 3 aromatic carbocycles. The van der Waals surface area contributed by atoms with Crippen molar-refractivity contribution in [2.75, 3.05) is 33.0 Å². The Morgan fingerprint density at radius 3 is 1.84 bits per heavy atom. The molecule has 6 nitrogen and oxygen atoms in total. The van der Waals surface area contributed by atoms with Crippen LogP contribution in [0.1, 0.15) is 22.0 Å². The quantitative estimate of drug-likeness (QED) is 0.351. The number of benzene rings is 3. The van der Waals surface area contributed by atoms with E-state index in [4.69, 9.17) is 18.9 Å². The van der Waals surface area contributed by atoms with Crippen LogP contribution in [0.2, 0.25) is 0 Å². The number of para-hydroxylation sites is 2. The zero-order valence-corrected chi connectivity index (χ0v) is 17.2. The predicted octanol–water partition coefficient (Wildman–Crippen LogP) is 4.05. The van der Waals surface area contributed by atoms with Gasteiger partial charge in [-0.1, -0.05) is 48.5 Å². The third-order valence-corrected chi connectivity index (χ3v) is 4.37. The van der Waals surface area contributed by atoms with Crippen molar-refractivity contribution in [1.29, 1.82) is 0 Å². The Morgan fingerprint density at radius 2 is 1.26 bits per heavy atom.